The van der Waals surface area contributed by atoms with E-state index in [0.717, 1.165) is 37.1 Å². The Bertz CT molecular complexity index is 1000. The first-order valence-corrected chi connectivity index (χ1v) is 11.0. The summed E-state index contributed by atoms with van der Waals surface area (Å²) >= 11 is 3.17. The molecule has 3 rings (SSSR count). The fourth-order valence-corrected chi connectivity index (χ4v) is 5.75. The molecule has 0 fully saturated rings. The number of aromatic nitrogens is 1. The number of benzene rings is 1. The maximum absolute atomic E-state index is 12.7. The van der Waals surface area contributed by atoms with Crippen molar-refractivity contribution in [3.63, 3.8) is 0 Å². The van der Waals surface area contributed by atoms with Crippen LogP contribution in [0, 0.1) is 27.7 Å². The summed E-state index contributed by atoms with van der Waals surface area (Å²) in [5, 5.41) is 2.95. The van der Waals surface area contributed by atoms with Crippen LogP contribution in [0.15, 0.2) is 34.5 Å². The quantitative estimate of drug-likeness (QED) is 0.691. The van der Waals surface area contributed by atoms with Crippen LogP contribution in [0.3, 0.4) is 0 Å². The minimum atomic E-state index is -3.56. The van der Waals surface area contributed by atoms with Crippen molar-refractivity contribution in [3.05, 3.63) is 56.9 Å². The number of nitrogens with one attached hydrogen (secondary N) is 1. The van der Waals surface area contributed by atoms with Crippen LogP contribution in [-0.2, 0) is 16.6 Å². The van der Waals surface area contributed by atoms with Gasteiger partial charge in [-0.25, -0.2) is 18.1 Å². The van der Waals surface area contributed by atoms with Gasteiger partial charge < -0.3 is 0 Å². The van der Waals surface area contributed by atoms with E-state index < -0.39 is 10.0 Å². The zero-order chi connectivity index (χ0) is 18.2. The van der Waals surface area contributed by atoms with E-state index in [1.165, 1.54) is 11.3 Å². The SMILES string of the molecule is Cc1cc(C)c(S(=O)(=O)NCc2sc(-c3cccs3)nc2C)cc1C. The first kappa shape index (κ1) is 18.3. The van der Waals surface area contributed by atoms with Crippen LogP contribution in [0.25, 0.3) is 9.88 Å². The number of hydrogen-bond donors (Lipinski definition) is 1. The third kappa shape index (κ3) is 3.84. The van der Waals surface area contributed by atoms with Crippen LogP contribution < -0.4 is 4.72 Å². The monoisotopic (exact) mass is 392 g/mol. The number of rotatable bonds is 5. The molecule has 25 heavy (non-hydrogen) atoms. The molecular formula is C18H20N2O2S3. The molecule has 1 N–H and O–H groups in total. The molecule has 0 spiro atoms. The zero-order valence-electron chi connectivity index (χ0n) is 14.6. The highest BCUT2D eigenvalue weighted by atomic mass is 32.2. The smallest absolute Gasteiger partial charge is 0.240 e. The summed E-state index contributed by atoms with van der Waals surface area (Å²) in [4.78, 5) is 6.95. The molecule has 0 saturated carbocycles. The first-order chi connectivity index (χ1) is 11.8. The summed E-state index contributed by atoms with van der Waals surface area (Å²) in [6, 6.07) is 7.66. The molecule has 132 valence electrons. The van der Waals surface area contributed by atoms with Crippen LogP contribution in [0.4, 0.5) is 0 Å². The van der Waals surface area contributed by atoms with Crippen LogP contribution in [0.5, 0.6) is 0 Å². The van der Waals surface area contributed by atoms with Gasteiger partial charge in [0, 0.05) is 11.4 Å². The minimum absolute atomic E-state index is 0.254. The molecule has 0 aliphatic heterocycles. The molecule has 0 aliphatic rings. The van der Waals surface area contributed by atoms with Crippen molar-refractivity contribution in [1.29, 1.82) is 0 Å². The van der Waals surface area contributed by atoms with Gasteiger partial charge in [0.2, 0.25) is 10.0 Å². The molecular weight excluding hydrogens is 372 g/mol. The predicted octanol–water partition coefficient (Wildman–Crippen LogP) is 4.58. The second kappa shape index (κ2) is 6.99. The van der Waals surface area contributed by atoms with Gasteiger partial charge in [-0.15, -0.1) is 22.7 Å². The predicted molar refractivity (Wildman–Crippen MR) is 105 cm³/mol. The molecule has 7 heteroatoms. The average Bonchev–Trinajstić information content (AvgIpc) is 3.18. The van der Waals surface area contributed by atoms with Crippen LogP contribution in [-0.4, -0.2) is 13.4 Å². The summed E-state index contributed by atoms with van der Waals surface area (Å²) < 4.78 is 28.1. The number of hydrogen-bond acceptors (Lipinski definition) is 5. The van der Waals surface area contributed by atoms with Crippen molar-refractivity contribution < 1.29 is 8.42 Å². The maximum atomic E-state index is 12.7. The van der Waals surface area contributed by atoms with Gasteiger partial charge in [0.15, 0.2) is 0 Å². The third-order valence-corrected chi connectivity index (χ3v) is 7.87. The highest BCUT2D eigenvalue weighted by Gasteiger charge is 2.19. The molecule has 2 aromatic heterocycles. The van der Waals surface area contributed by atoms with Crippen molar-refractivity contribution in [2.24, 2.45) is 0 Å². The van der Waals surface area contributed by atoms with Crippen LogP contribution in [0.1, 0.15) is 27.3 Å². The largest absolute Gasteiger partial charge is 0.241 e. The Hall–Kier alpha value is -1.54. The summed E-state index contributed by atoms with van der Waals surface area (Å²) in [6.07, 6.45) is 0. The summed E-state index contributed by atoms with van der Waals surface area (Å²) in [7, 11) is -3.56. The Morgan fingerprint density at radius 1 is 1.08 bits per heavy atom. The molecule has 0 unspecified atom stereocenters. The molecule has 0 radical (unpaired) electrons. The van der Waals surface area contributed by atoms with Gasteiger partial charge >= 0.3 is 0 Å². The highest BCUT2D eigenvalue weighted by Crippen LogP contribution is 2.31. The molecule has 1 aromatic carbocycles. The Kier molecular flexibility index (Phi) is 5.11. The molecule has 0 bridgehead atoms. The van der Waals surface area contributed by atoms with Crippen molar-refractivity contribution in [2.75, 3.05) is 0 Å². The fourth-order valence-electron chi connectivity index (χ4n) is 2.56. The summed E-state index contributed by atoms with van der Waals surface area (Å²) in [5.74, 6) is 0. The summed E-state index contributed by atoms with van der Waals surface area (Å²) in [5.41, 5.74) is 3.69. The minimum Gasteiger partial charge on any atom is -0.240 e. The van der Waals surface area contributed by atoms with E-state index in [-0.39, 0.29) is 6.54 Å². The van der Waals surface area contributed by atoms with Crippen LogP contribution in [0.2, 0.25) is 0 Å². The van der Waals surface area contributed by atoms with Gasteiger partial charge in [0.25, 0.3) is 0 Å². The van der Waals surface area contributed by atoms with Crippen LogP contribution >= 0.6 is 22.7 Å². The number of thiazole rings is 1. The van der Waals surface area contributed by atoms with Gasteiger partial charge in [0.1, 0.15) is 5.01 Å². The lowest BCUT2D eigenvalue weighted by molar-refractivity contribution is 0.581. The van der Waals surface area contributed by atoms with Crippen molar-refractivity contribution in [3.8, 4) is 9.88 Å². The van der Waals surface area contributed by atoms with Gasteiger partial charge in [-0.1, -0.05) is 12.1 Å². The summed E-state index contributed by atoms with van der Waals surface area (Å²) in [6.45, 7) is 7.91. The number of aryl methyl sites for hydroxylation is 4. The van der Waals surface area contributed by atoms with Gasteiger partial charge in [-0.2, -0.15) is 0 Å². The van der Waals surface area contributed by atoms with Gasteiger partial charge in [-0.05, 0) is 61.9 Å². The topological polar surface area (TPSA) is 59.1 Å². The lowest BCUT2D eigenvalue weighted by atomic mass is 10.1. The van der Waals surface area contributed by atoms with Crippen molar-refractivity contribution in [1.82, 2.24) is 9.71 Å². The van der Waals surface area contributed by atoms with Crippen molar-refractivity contribution in [2.45, 2.75) is 39.1 Å². The molecule has 2 heterocycles. The van der Waals surface area contributed by atoms with E-state index in [4.69, 9.17) is 0 Å². The molecule has 0 saturated heterocycles. The van der Waals surface area contributed by atoms with E-state index in [9.17, 15) is 8.42 Å². The highest BCUT2D eigenvalue weighted by molar-refractivity contribution is 7.89. The van der Waals surface area contributed by atoms with E-state index in [1.807, 2.05) is 51.3 Å². The Morgan fingerprint density at radius 2 is 1.80 bits per heavy atom. The maximum Gasteiger partial charge on any atom is 0.241 e. The van der Waals surface area contributed by atoms with E-state index in [1.54, 1.807) is 17.4 Å². The number of thiophene rings is 1. The first-order valence-electron chi connectivity index (χ1n) is 7.85. The normalized spacial score (nSPS) is 11.8. The Balaban J connectivity index is 1.83. The number of sulfonamides is 1. The number of nitrogens with zero attached hydrogens (tertiary/aromatic N) is 1. The standard InChI is InChI=1S/C18H20N2O2S3/c1-11-8-13(3)17(9-12(11)2)25(21,22)19-10-16-14(4)20-18(24-16)15-6-5-7-23-15/h5-9,19H,10H2,1-4H3. The Labute approximate surface area is 156 Å². The van der Waals surface area contributed by atoms with Crippen molar-refractivity contribution >= 4 is 32.7 Å². The van der Waals surface area contributed by atoms with E-state index in [2.05, 4.69) is 9.71 Å². The van der Waals surface area contributed by atoms with E-state index in [0.29, 0.717) is 4.90 Å². The molecule has 0 amide bonds. The lowest BCUT2D eigenvalue weighted by Crippen LogP contribution is -2.24. The Morgan fingerprint density at radius 3 is 2.48 bits per heavy atom. The van der Waals surface area contributed by atoms with Gasteiger partial charge in [-0.3, -0.25) is 0 Å². The van der Waals surface area contributed by atoms with Gasteiger partial charge in [0.05, 0.1) is 15.5 Å². The molecule has 0 atom stereocenters. The second-order valence-electron chi connectivity index (χ2n) is 6.03. The lowest BCUT2D eigenvalue weighted by Gasteiger charge is -2.11. The fraction of sp³-hybridized carbons (Fsp3) is 0.278. The average molecular weight is 393 g/mol. The van der Waals surface area contributed by atoms with E-state index >= 15 is 0 Å². The molecule has 4 nitrogen and oxygen atoms in total. The third-order valence-electron chi connectivity index (χ3n) is 4.13. The molecule has 0 aliphatic carbocycles. The zero-order valence-corrected chi connectivity index (χ0v) is 17.0. The molecule has 3 aromatic rings. The second-order valence-corrected chi connectivity index (χ2v) is 9.80.